The lowest BCUT2D eigenvalue weighted by Gasteiger charge is -2.45. The lowest BCUT2D eigenvalue weighted by atomic mass is 9.78. The fraction of sp³-hybridized carbons (Fsp3) is 0.333. The van der Waals surface area contributed by atoms with Crippen LogP contribution in [0.3, 0.4) is 0 Å². The maximum Gasteiger partial charge on any atom is 0.254 e. The number of anilines is 1. The Kier molecular flexibility index (Phi) is 7.47. The number of nitrogens with zero attached hydrogens (tertiary/aromatic N) is 1. The van der Waals surface area contributed by atoms with Gasteiger partial charge in [0.25, 0.3) is 5.91 Å². The number of aryl methyl sites for hydroxylation is 3. The first-order chi connectivity index (χ1) is 18.8. The van der Waals surface area contributed by atoms with Gasteiger partial charge in [-0.1, -0.05) is 55.7 Å². The Bertz CT molecular complexity index is 1480. The van der Waals surface area contributed by atoms with Crippen LogP contribution < -0.4 is 5.32 Å². The molecule has 1 aromatic heterocycles. The molecule has 0 bridgehead atoms. The monoisotopic (exact) mass is 523 g/mol. The van der Waals surface area contributed by atoms with E-state index < -0.39 is 5.54 Å². The summed E-state index contributed by atoms with van der Waals surface area (Å²) in [7, 11) is 0. The van der Waals surface area contributed by atoms with Gasteiger partial charge in [0.1, 0.15) is 11.3 Å². The number of H-pyrrole nitrogens is 1. The highest BCUT2D eigenvalue weighted by Gasteiger charge is 2.47. The molecule has 0 atom stereocenters. The molecular weight excluding hydrogens is 486 g/mol. The first kappa shape index (κ1) is 26.5. The van der Waals surface area contributed by atoms with E-state index >= 15 is 0 Å². The molecular formula is C33H37N3O3. The molecule has 2 amide bonds. The highest BCUT2D eigenvalue weighted by Crippen LogP contribution is 2.37. The molecule has 3 N–H and O–H groups in total. The van der Waals surface area contributed by atoms with Crippen LogP contribution in [-0.2, 0) is 11.2 Å². The molecule has 1 fully saturated rings. The minimum Gasteiger partial charge on any atom is -0.508 e. The van der Waals surface area contributed by atoms with Crippen molar-refractivity contribution in [3.05, 3.63) is 94.7 Å². The van der Waals surface area contributed by atoms with Gasteiger partial charge in [-0.05, 0) is 87.1 Å². The second-order valence-electron chi connectivity index (χ2n) is 10.8. The Hall–Kier alpha value is -4.06. The smallest absolute Gasteiger partial charge is 0.254 e. The van der Waals surface area contributed by atoms with E-state index in [1.807, 2.05) is 49.1 Å². The van der Waals surface area contributed by atoms with Crippen molar-refractivity contribution in [2.75, 3.05) is 11.9 Å². The van der Waals surface area contributed by atoms with Gasteiger partial charge >= 0.3 is 0 Å². The normalized spacial score (nSPS) is 14.7. The van der Waals surface area contributed by atoms with Gasteiger partial charge in [0.05, 0.1) is 0 Å². The van der Waals surface area contributed by atoms with E-state index in [1.165, 1.54) is 12.1 Å². The van der Waals surface area contributed by atoms with Crippen molar-refractivity contribution in [2.24, 2.45) is 0 Å². The van der Waals surface area contributed by atoms with Gasteiger partial charge in [0, 0.05) is 34.4 Å². The first-order valence-electron chi connectivity index (χ1n) is 13.8. The third kappa shape index (κ3) is 5.16. The number of para-hydroxylation sites is 2. The summed E-state index contributed by atoms with van der Waals surface area (Å²) in [4.78, 5) is 33.8. The minimum absolute atomic E-state index is 0.104. The number of nitrogens with one attached hydrogen (secondary N) is 2. The Morgan fingerprint density at radius 1 is 0.897 bits per heavy atom. The molecule has 5 rings (SSSR count). The van der Waals surface area contributed by atoms with Crippen LogP contribution in [0, 0.1) is 20.8 Å². The fourth-order valence-corrected chi connectivity index (χ4v) is 6.15. The van der Waals surface area contributed by atoms with Crippen molar-refractivity contribution in [3.8, 4) is 5.75 Å². The molecule has 39 heavy (non-hydrogen) atoms. The third-order valence-electron chi connectivity index (χ3n) is 8.31. The SMILES string of the molecule is Cc1cccc(C)c1NC(=O)C1(N(CCc2c(C)[nH]c3ccccc23)C(=O)c2ccc(O)cc2)CCCCC1. The molecule has 6 heteroatoms. The van der Waals surface area contributed by atoms with Crippen molar-refractivity contribution in [2.45, 2.75) is 64.8 Å². The summed E-state index contributed by atoms with van der Waals surface area (Å²) in [6.07, 6.45) is 4.65. The number of aromatic hydroxyl groups is 1. The summed E-state index contributed by atoms with van der Waals surface area (Å²) < 4.78 is 0. The molecule has 0 spiro atoms. The molecule has 4 aromatic rings. The van der Waals surface area contributed by atoms with Crippen LogP contribution in [-0.4, -0.2) is 38.9 Å². The zero-order valence-electron chi connectivity index (χ0n) is 23.0. The number of carbonyl (C=O) groups is 2. The van der Waals surface area contributed by atoms with E-state index in [-0.39, 0.29) is 17.6 Å². The number of hydrogen-bond donors (Lipinski definition) is 3. The molecule has 3 aromatic carbocycles. The molecule has 0 saturated heterocycles. The number of amides is 2. The van der Waals surface area contributed by atoms with E-state index in [0.29, 0.717) is 31.4 Å². The molecule has 0 unspecified atom stereocenters. The largest absolute Gasteiger partial charge is 0.508 e. The van der Waals surface area contributed by atoms with Crippen molar-refractivity contribution in [1.29, 1.82) is 0 Å². The lowest BCUT2D eigenvalue weighted by molar-refractivity contribution is -0.128. The number of aromatic nitrogens is 1. The number of fused-ring (bicyclic) bond motifs is 1. The van der Waals surface area contributed by atoms with Gasteiger partial charge in [-0.2, -0.15) is 0 Å². The molecule has 6 nitrogen and oxygen atoms in total. The highest BCUT2D eigenvalue weighted by molar-refractivity contribution is 6.04. The second kappa shape index (κ2) is 11.0. The van der Waals surface area contributed by atoms with Crippen molar-refractivity contribution in [3.63, 3.8) is 0 Å². The molecule has 1 aliphatic carbocycles. The first-order valence-corrected chi connectivity index (χ1v) is 13.8. The van der Waals surface area contributed by atoms with Crippen molar-refractivity contribution in [1.82, 2.24) is 9.88 Å². The Morgan fingerprint density at radius 2 is 1.56 bits per heavy atom. The van der Waals surface area contributed by atoms with E-state index in [0.717, 1.165) is 58.2 Å². The minimum atomic E-state index is -0.970. The van der Waals surface area contributed by atoms with Gasteiger partial charge in [-0.25, -0.2) is 0 Å². The quantitative estimate of drug-likeness (QED) is 0.248. The molecule has 0 radical (unpaired) electrons. The number of carbonyl (C=O) groups excluding carboxylic acids is 2. The standard InChI is InChI=1S/C33H37N3O3/c1-22-10-9-11-23(2)30(22)35-32(39)33(19-7-4-8-20-33)36(31(38)25-14-16-26(37)17-15-25)21-18-27-24(3)34-29-13-6-5-12-28(27)29/h5-6,9-17,34,37H,4,7-8,18-21H2,1-3H3,(H,35,39). The van der Waals surface area contributed by atoms with Crippen LogP contribution in [0.2, 0.25) is 0 Å². The number of benzene rings is 3. The number of phenols is 1. The molecule has 1 heterocycles. The van der Waals surface area contributed by atoms with Crippen molar-refractivity contribution >= 4 is 28.4 Å². The topological polar surface area (TPSA) is 85.4 Å². The summed E-state index contributed by atoms with van der Waals surface area (Å²) >= 11 is 0. The number of rotatable bonds is 7. The van der Waals surface area contributed by atoms with Crippen LogP contribution in [0.25, 0.3) is 10.9 Å². The average Bonchev–Trinajstić information content (AvgIpc) is 3.26. The van der Waals surface area contributed by atoms with Gasteiger partial charge in [-0.3, -0.25) is 9.59 Å². The summed E-state index contributed by atoms with van der Waals surface area (Å²) in [5.74, 6) is -0.207. The van der Waals surface area contributed by atoms with Crippen LogP contribution in [0.4, 0.5) is 5.69 Å². The maximum atomic E-state index is 14.3. The van der Waals surface area contributed by atoms with E-state index in [4.69, 9.17) is 0 Å². The van der Waals surface area contributed by atoms with Crippen LogP contribution in [0.1, 0.15) is 64.8 Å². The molecule has 1 aliphatic rings. The Morgan fingerprint density at radius 3 is 2.26 bits per heavy atom. The van der Waals surface area contributed by atoms with E-state index in [9.17, 15) is 14.7 Å². The summed E-state index contributed by atoms with van der Waals surface area (Å²) in [6.45, 7) is 6.46. The lowest BCUT2D eigenvalue weighted by Crippen LogP contribution is -2.60. The summed E-state index contributed by atoms with van der Waals surface area (Å²) in [6, 6.07) is 20.5. The molecule has 202 valence electrons. The van der Waals surface area contributed by atoms with Crippen LogP contribution in [0.15, 0.2) is 66.7 Å². The van der Waals surface area contributed by atoms with Gasteiger partial charge in [0.15, 0.2) is 0 Å². The predicted octanol–water partition coefficient (Wildman–Crippen LogP) is 6.83. The Balaban J connectivity index is 1.55. The van der Waals surface area contributed by atoms with Crippen molar-refractivity contribution < 1.29 is 14.7 Å². The highest BCUT2D eigenvalue weighted by atomic mass is 16.3. The maximum absolute atomic E-state index is 14.3. The fourth-order valence-electron chi connectivity index (χ4n) is 6.15. The van der Waals surface area contributed by atoms with E-state index in [2.05, 4.69) is 29.4 Å². The summed E-state index contributed by atoms with van der Waals surface area (Å²) in [5.41, 5.74) is 5.62. The van der Waals surface area contributed by atoms with Crippen LogP contribution in [0.5, 0.6) is 5.75 Å². The average molecular weight is 524 g/mol. The number of hydrogen-bond acceptors (Lipinski definition) is 3. The predicted molar refractivity (Wildman–Crippen MR) is 156 cm³/mol. The molecule has 0 aliphatic heterocycles. The summed E-state index contributed by atoms with van der Waals surface area (Å²) in [5, 5.41) is 14.2. The zero-order valence-corrected chi connectivity index (χ0v) is 23.0. The van der Waals surface area contributed by atoms with Gasteiger partial charge in [0.2, 0.25) is 5.91 Å². The van der Waals surface area contributed by atoms with Gasteiger partial charge < -0.3 is 20.3 Å². The number of phenolic OH excluding ortho intramolecular Hbond substituents is 1. The number of aromatic amines is 1. The van der Waals surface area contributed by atoms with Crippen LogP contribution >= 0.6 is 0 Å². The molecule has 1 saturated carbocycles. The Labute approximate surface area is 230 Å². The zero-order chi connectivity index (χ0) is 27.6. The second-order valence-corrected chi connectivity index (χ2v) is 10.8. The van der Waals surface area contributed by atoms with Gasteiger partial charge in [-0.15, -0.1) is 0 Å². The third-order valence-corrected chi connectivity index (χ3v) is 8.31. The van der Waals surface area contributed by atoms with E-state index in [1.54, 1.807) is 12.1 Å².